The van der Waals surface area contributed by atoms with E-state index >= 15 is 0 Å². The Bertz CT molecular complexity index is 694. The predicted octanol–water partition coefficient (Wildman–Crippen LogP) is 2.57. The summed E-state index contributed by atoms with van der Waals surface area (Å²) in [7, 11) is 0. The second-order valence-corrected chi connectivity index (χ2v) is 6.21. The fourth-order valence-corrected chi connectivity index (χ4v) is 3.34. The van der Waals surface area contributed by atoms with E-state index in [4.69, 9.17) is 14.0 Å². The van der Waals surface area contributed by atoms with Gasteiger partial charge in [-0.3, -0.25) is 4.79 Å². The van der Waals surface area contributed by atoms with E-state index < -0.39 is 0 Å². The maximum atomic E-state index is 12.7. The van der Waals surface area contributed by atoms with Crippen molar-refractivity contribution >= 4 is 5.91 Å². The molecule has 0 bridgehead atoms. The molecule has 1 aromatic heterocycles. The molecule has 0 N–H and O–H groups in total. The molecule has 0 spiro atoms. The minimum atomic E-state index is -0.185. The SMILES string of the molecule is O=C(c1cc(-c2ccccc2)no1)N1CCCC(C2OCCO2)C1. The van der Waals surface area contributed by atoms with Gasteiger partial charge in [0.05, 0.1) is 13.2 Å². The molecule has 2 aromatic rings. The minimum absolute atomic E-state index is 0.118. The topological polar surface area (TPSA) is 64.8 Å². The van der Waals surface area contributed by atoms with Crippen LogP contribution in [0.1, 0.15) is 23.4 Å². The lowest BCUT2D eigenvalue weighted by Gasteiger charge is -2.34. The molecule has 24 heavy (non-hydrogen) atoms. The number of piperidine rings is 1. The minimum Gasteiger partial charge on any atom is -0.350 e. The Labute approximate surface area is 140 Å². The van der Waals surface area contributed by atoms with Crippen LogP contribution in [-0.4, -0.2) is 48.6 Å². The van der Waals surface area contributed by atoms with Crippen molar-refractivity contribution in [2.24, 2.45) is 5.92 Å². The number of carbonyl (C=O) groups is 1. The lowest BCUT2D eigenvalue weighted by molar-refractivity contribution is -0.0970. The summed E-state index contributed by atoms with van der Waals surface area (Å²) < 4.78 is 16.5. The first-order valence-electron chi connectivity index (χ1n) is 8.36. The zero-order valence-corrected chi connectivity index (χ0v) is 13.4. The molecule has 1 aromatic carbocycles. The monoisotopic (exact) mass is 328 g/mol. The Morgan fingerprint density at radius 3 is 2.75 bits per heavy atom. The third-order valence-electron chi connectivity index (χ3n) is 4.57. The second kappa shape index (κ2) is 6.75. The van der Waals surface area contributed by atoms with Gasteiger partial charge in [-0.25, -0.2) is 0 Å². The number of nitrogens with zero attached hydrogens (tertiary/aromatic N) is 2. The molecule has 3 heterocycles. The summed E-state index contributed by atoms with van der Waals surface area (Å²) in [6.45, 7) is 2.63. The highest BCUT2D eigenvalue weighted by atomic mass is 16.7. The fraction of sp³-hybridized carbons (Fsp3) is 0.444. The molecule has 2 fully saturated rings. The number of hydrogen-bond donors (Lipinski definition) is 0. The number of likely N-dealkylation sites (tertiary alicyclic amines) is 1. The van der Waals surface area contributed by atoms with Gasteiger partial charge in [-0.05, 0) is 12.8 Å². The van der Waals surface area contributed by atoms with Crippen molar-refractivity contribution < 1.29 is 18.8 Å². The molecule has 6 heteroatoms. The van der Waals surface area contributed by atoms with Crippen LogP contribution in [-0.2, 0) is 9.47 Å². The van der Waals surface area contributed by atoms with E-state index in [2.05, 4.69) is 5.16 Å². The van der Waals surface area contributed by atoms with Crippen LogP contribution in [0.4, 0.5) is 0 Å². The number of benzene rings is 1. The number of hydrogen-bond acceptors (Lipinski definition) is 5. The van der Waals surface area contributed by atoms with E-state index in [1.807, 2.05) is 35.2 Å². The molecular formula is C18H20N2O4. The first-order valence-corrected chi connectivity index (χ1v) is 8.36. The van der Waals surface area contributed by atoms with Gasteiger partial charge in [-0.1, -0.05) is 35.5 Å². The van der Waals surface area contributed by atoms with E-state index in [0.717, 1.165) is 24.9 Å². The van der Waals surface area contributed by atoms with Gasteiger partial charge >= 0.3 is 0 Å². The number of rotatable bonds is 3. The average molecular weight is 328 g/mol. The van der Waals surface area contributed by atoms with Crippen molar-refractivity contribution in [1.82, 2.24) is 10.1 Å². The summed E-state index contributed by atoms with van der Waals surface area (Å²) in [6.07, 6.45) is 1.77. The highest BCUT2D eigenvalue weighted by molar-refractivity contribution is 5.92. The van der Waals surface area contributed by atoms with E-state index in [9.17, 15) is 4.79 Å². The third-order valence-corrected chi connectivity index (χ3v) is 4.57. The van der Waals surface area contributed by atoms with Crippen molar-refractivity contribution in [1.29, 1.82) is 0 Å². The zero-order chi connectivity index (χ0) is 16.4. The molecule has 1 atom stereocenters. The van der Waals surface area contributed by atoms with E-state index in [1.54, 1.807) is 6.07 Å². The Morgan fingerprint density at radius 2 is 1.96 bits per heavy atom. The lowest BCUT2D eigenvalue weighted by atomic mass is 9.97. The number of carbonyl (C=O) groups excluding carboxylic acids is 1. The lowest BCUT2D eigenvalue weighted by Crippen LogP contribution is -2.43. The smallest absolute Gasteiger partial charge is 0.292 e. The molecule has 0 radical (unpaired) electrons. The molecule has 2 aliphatic heterocycles. The quantitative estimate of drug-likeness (QED) is 0.866. The van der Waals surface area contributed by atoms with Crippen molar-refractivity contribution in [2.45, 2.75) is 19.1 Å². The van der Waals surface area contributed by atoms with Crippen LogP contribution in [0, 0.1) is 5.92 Å². The van der Waals surface area contributed by atoms with E-state index in [0.29, 0.717) is 25.5 Å². The van der Waals surface area contributed by atoms with Gasteiger partial charge in [0.1, 0.15) is 5.69 Å². The maximum Gasteiger partial charge on any atom is 0.292 e. The van der Waals surface area contributed by atoms with Gasteiger partial charge in [0.15, 0.2) is 6.29 Å². The molecule has 0 saturated carbocycles. The largest absolute Gasteiger partial charge is 0.350 e. The molecule has 2 aliphatic rings. The van der Waals surface area contributed by atoms with Crippen LogP contribution in [0.5, 0.6) is 0 Å². The molecule has 1 unspecified atom stereocenters. The summed E-state index contributed by atoms with van der Waals surface area (Å²) >= 11 is 0. The summed E-state index contributed by atoms with van der Waals surface area (Å²) in [6, 6.07) is 11.4. The van der Waals surface area contributed by atoms with Gasteiger partial charge in [0.25, 0.3) is 5.91 Å². The highest BCUT2D eigenvalue weighted by Crippen LogP contribution is 2.26. The molecular weight excluding hydrogens is 308 g/mol. The molecule has 126 valence electrons. The van der Waals surface area contributed by atoms with Crippen molar-refractivity contribution in [3.8, 4) is 11.3 Å². The first kappa shape index (κ1) is 15.4. The highest BCUT2D eigenvalue weighted by Gasteiger charge is 2.34. The Balaban J connectivity index is 1.46. The van der Waals surface area contributed by atoms with Gasteiger partial charge < -0.3 is 18.9 Å². The van der Waals surface area contributed by atoms with Crippen LogP contribution in [0.2, 0.25) is 0 Å². The Hall–Kier alpha value is -2.18. The molecule has 1 amide bonds. The second-order valence-electron chi connectivity index (χ2n) is 6.21. The van der Waals surface area contributed by atoms with Crippen LogP contribution >= 0.6 is 0 Å². The standard InChI is InChI=1S/C18H20N2O4/c21-17(16-11-15(19-24-16)13-5-2-1-3-6-13)20-8-4-7-14(12-20)18-22-9-10-23-18/h1-3,5-6,11,14,18H,4,7-10,12H2. The molecule has 4 rings (SSSR count). The van der Waals surface area contributed by atoms with Crippen LogP contribution in [0.15, 0.2) is 40.9 Å². The number of amides is 1. The van der Waals surface area contributed by atoms with Gasteiger partial charge in [0.2, 0.25) is 5.76 Å². The Morgan fingerprint density at radius 1 is 1.17 bits per heavy atom. The summed E-state index contributed by atoms with van der Waals surface area (Å²) in [4.78, 5) is 14.5. The normalized spacial score (nSPS) is 22.0. The fourth-order valence-electron chi connectivity index (χ4n) is 3.34. The van der Waals surface area contributed by atoms with Crippen LogP contribution < -0.4 is 0 Å². The number of aromatic nitrogens is 1. The van der Waals surface area contributed by atoms with E-state index in [1.165, 1.54) is 0 Å². The summed E-state index contributed by atoms with van der Waals surface area (Å²) in [5.74, 6) is 0.386. The first-order chi connectivity index (χ1) is 11.8. The van der Waals surface area contributed by atoms with E-state index in [-0.39, 0.29) is 23.9 Å². The van der Waals surface area contributed by atoms with Crippen LogP contribution in [0.3, 0.4) is 0 Å². The predicted molar refractivity (Wildman–Crippen MR) is 86.3 cm³/mol. The summed E-state index contributed by atoms with van der Waals surface area (Å²) in [5, 5.41) is 4.03. The third kappa shape index (κ3) is 3.07. The van der Waals surface area contributed by atoms with Crippen molar-refractivity contribution in [3.05, 3.63) is 42.2 Å². The maximum absolute atomic E-state index is 12.7. The van der Waals surface area contributed by atoms with Gasteiger partial charge in [0, 0.05) is 30.6 Å². The van der Waals surface area contributed by atoms with Gasteiger partial charge in [-0.15, -0.1) is 0 Å². The van der Waals surface area contributed by atoms with Crippen molar-refractivity contribution in [3.63, 3.8) is 0 Å². The average Bonchev–Trinajstić information content (AvgIpc) is 3.34. The zero-order valence-electron chi connectivity index (χ0n) is 13.4. The van der Waals surface area contributed by atoms with Crippen LogP contribution in [0.25, 0.3) is 11.3 Å². The molecule has 6 nitrogen and oxygen atoms in total. The molecule has 2 saturated heterocycles. The molecule has 0 aliphatic carbocycles. The van der Waals surface area contributed by atoms with Gasteiger partial charge in [-0.2, -0.15) is 0 Å². The Kier molecular flexibility index (Phi) is 4.32. The number of ether oxygens (including phenoxy) is 2. The summed E-state index contributed by atoms with van der Waals surface area (Å²) in [5.41, 5.74) is 1.61. The van der Waals surface area contributed by atoms with Crippen molar-refractivity contribution in [2.75, 3.05) is 26.3 Å².